The first kappa shape index (κ1) is 20.7. The van der Waals surface area contributed by atoms with Crippen molar-refractivity contribution in [3.63, 3.8) is 0 Å². The Morgan fingerprint density at radius 2 is 2.00 bits per heavy atom. The molecule has 136 valence electrons. The zero-order valence-corrected chi connectivity index (χ0v) is 15.4. The standard InChI is InChI=1S/C18H23ClN2O4/c1-4-6-7-18(24)25-12-17(23)21(5-2)11-16(22)20-15-10-14(19)9-8-13(15)3/h6-10H,4-5,11-12H2,1-3H3,(H,20,22)/b7-6+. The number of ether oxygens (including phenoxy) is 1. The van der Waals surface area contributed by atoms with Gasteiger partial charge in [0.15, 0.2) is 6.61 Å². The van der Waals surface area contributed by atoms with Crippen LogP contribution in [0, 0.1) is 6.92 Å². The Balaban J connectivity index is 2.57. The molecule has 0 spiro atoms. The van der Waals surface area contributed by atoms with Crippen molar-refractivity contribution in [3.8, 4) is 0 Å². The molecule has 2 amide bonds. The summed E-state index contributed by atoms with van der Waals surface area (Å²) < 4.78 is 4.86. The van der Waals surface area contributed by atoms with Gasteiger partial charge >= 0.3 is 5.97 Å². The van der Waals surface area contributed by atoms with Crippen molar-refractivity contribution in [2.75, 3.05) is 25.0 Å². The van der Waals surface area contributed by atoms with Gasteiger partial charge in [-0.15, -0.1) is 0 Å². The summed E-state index contributed by atoms with van der Waals surface area (Å²) in [7, 11) is 0. The smallest absolute Gasteiger partial charge is 0.330 e. The van der Waals surface area contributed by atoms with E-state index in [2.05, 4.69) is 5.32 Å². The fraction of sp³-hybridized carbons (Fsp3) is 0.389. The van der Waals surface area contributed by atoms with Crippen molar-refractivity contribution in [1.82, 2.24) is 4.90 Å². The molecular formula is C18H23ClN2O4. The van der Waals surface area contributed by atoms with E-state index in [0.29, 0.717) is 23.7 Å². The molecule has 0 atom stereocenters. The number of hydrogen-bond acceptors (Lipinski definition) is 4. The second-order valence-electron chi connectivity index (χ2n) is 5.33. The van der Waals surface area contributed by atoms with Crippen LogP contribution in [0.4, 0.5) is 5.69 Å². The lowest BCUT2D eigenvalue weighted by molar-refractivity contribution is -0.148. The lowest BCUT2D eigenvalue weighted by atomic mass is 10.2. The summed E-state index contributed by atoms with van der Waals surface area (Å²) in [5.41, 5.74) is 1.46. The molecule has 0 fully saturated rings. The Labute approximate surface area is 152 Å². The van der Waals surface area contributed by atoms with E-state index in [1.54, 1.807) is 31.2 Å². The van der Waals surface area contributed by atoms with Gasteiger partial charge in [-0.2, -0.15) is 0 Å². The number of carbonyl (C=O) groups excluding carboxylic acids is 3. The van der Waals surface area contributed by atoms with Crippen LogP contribution in [0.2, 0.25) is 5.02 Å². The van der Waals surface area contributed by atoms with E-state index in [1.807, 2.05) is 13.8 Å². The number of aryl methyl sites for hydroxylation is 1. The van der Waals surface area contributed by atoms with E-state index in [9.17, 15) is 14.4 Å². The molecule has 0 unspecified atom stereocenters. The van der Waals surface area contributed by atoms with Gasteiger partial charge in [-0.25, -0.2) is 4.79 Å². The maximum atomic E-state index is 12.2. The highest BCUT2D eigenvalue weighted by Gasteiger charge is 2.17. The highest BCUT2D eigenvalue weighted by molar-refractivity contribution is 6.31. The molecule has 0 aliphatic rings. The molecule has 0 aliphatic heterocycles. The van der Waals surface area contributed by atoms with Gasteiger partial charge in [0.05, 0.1) is 6.54 Å². The van der Waals surface area contributed by atoms with Gasteiger partial charge in [0.25, 0.3) is 5.91 Å². The summed E-state index contributed by atoms with van der Waals surface area (Å²) in [5.74, 6) is -1.36. The maximum absolute atomic E-state index is 12.2. The van der Waals surface area contributed by atoms with Gasteiger partial charge in [0.2, 0.25) is 5.91 Å². The second kappa shape index (κ2) is 10.5. The van der Waals surface area contributed by atoms with Gasteiger partial charge in [-0.05, 0) is 38.0 Å². The van der Waals surface area contributed by atoms with E-state index in [4.69, 9.17) is 16.3 Å². The van der Waals surface area contributed by atoms with Crippen LogP contribution < -0.4 is 5.32 Å². The first-order valence-electron chi connectivity index (χ1n) is 8.04. The molecular weight excluding hydrogens is 344 g/mol. The van der Waals surface area contributed by atoms with Crippen LogP contribution in [-0.2, 0) is 19.1 Å². The Kier molecular flexibility index (Phi) is 8.70. The topological polar surface area (TPSA) is 75.7 Å². The van der Waals surface area contributed by atoms with Gasteiger partial charge < -0.3 is 15.0 Å². The summed E-state index contributed by atoms with van der Waals surface area (Å²) in [5, 5.41) is 3.24. The van der Waals surface area contributed by atoms with Gasteiger partial charge in [0.1, 0.15) is 0 Å². The summed E-state index contributed by atoms with van der Waals surface area (Å²) in [6.07, 6.45) is 3.62. The molecule has 0 saturated carbocycles. The van der Waals surface area contributed by atoms with Crippen molar-refractivity contribution >= 4 is 35.1 Å². The molecule has 25 heavy (non-hydrogen) atoms. The van der Waals surface area contributed by atoms with Crippen LogP contribution >= 0.6 is 11.6 Å². The number of esters is 1. The van der Waals surface area contributed by atoms with Crippen molar-refractivity contribution in [3.05, 3.63) is 40.9 Å². The quantitative estimate of drug-likeness (QED) is 0.567. The molecule has 7 heteroatoms. The molecule has 1 aromatic rings. The normalized spacial score (nSPS) is 10.6. The molecule has 0 aromatic heterocycles. The number of halogens is 1. The number of hydrogen-bond donors (Lipinski definition) is 1. The highest BCUT2D eigenvalue weighted by atomic mass is 35.5. The van der Waals surface area contributed by atoms with Crippen LogP contribution in [0.5, 0.6) is 0 Å². The number of carbonyl (C=O) groups is 3. The zero-order valence-electron chi connectivity index (χ0n) is 14.7. The van der Waals surface area contributed by atoms with Crippen LogP contribution in [0.15, 0.2) is 30.4 Å². The Morgan fingerprint density at radius 1 is 1.28 bits per heavy atom. The van der Waals surface area contributed by atoms with E-state index >= 15 is 0 Å². The van der Waals surface area contributed by atoms with Crippen molar-refractivity contribution in [1.29, 1.82) is 0 Å². The molecule has 0 saturated heterocycles. The average Bonchev–Trinajstić information content (AvgIpc) is 2.58. The third-order valence-corrected chi connectivity index (χ3v) is 3.61. The van der Waals surface area contributed by atoms with Crippen molar-refractivity contribution < 1.29 is 19.1 Å². The number of benzene rings is 1. The van der Waals surface area contributed by atoms with E-state index in [1.165, 1.54) is 11.0 Å². The summed E-state index contributed by atoms with van der Waals surface area (Å²) in [6.45, 7) is 5.26. The predicted molar refractivity (Wildman–Crippen MR) is 97.5 cm³/mol. The van der Waals surface area contributed by atoms with Crippen LogP contribution in [0.1, 0.15) is 25.8 Å². The molecule has 0 heterocycles. The van der Waals surface area contributed by atoms with Crippen molar-refractivity contribution in [2.45, 2.75) is 27.2 Å². The second-order valence-corrected chi connectivity index (χ2v) is 5.77. The minimum Gasteiger partial charge on any atom is -0.452 e. The lowest BCUT2D eigenvalue weighted by Crippen LogP contribution is -2.40. The van der Waals surface area contributed by atoms with Gasteiger partial charge in [-0.1, -0.05) is 30.7 Å². The summed E-state index contributed by atoms with van der Waals surface area (Å²) in [4.78, 5) is 36.9. The fourth-order valence-electron chi connectivity index (χ4n) is 1.95. The third kappa shape index (κ3) is 7.39. The average molecular weight is 367 g/mol. The Morgan fingerprint density at radius 3 is 2.64 bits per heavy atom. The maximum Gasteiger partial charge on any atom is 0.330 e. The number of amides is 2. The zero-order chi connectivity index (χ0) is 18.8. The monoisotopic (exact) mass is 366 g/mol. The first-order chi connectivity index (χ1) is 11.9. The number of anilines is 1. The predicted octanol–water partition coefficient (Wildman–Crippen LogP) is 2.94. The summed E-state index contributed by atoms with van der Waals surface area (Å²) in [6, 6.07) is 5.18. The largest absolute Gasteiger partial charge is 0.452 e. The minimum atomic E-state index is -0.578. The molecule has 0 radical (unpaired) electrons. The number of allylic oxidation sites excluding steroid dienone is 1. The molecule has 6 nitrogen and oxygen atoms in total. The minimum absolute atomic E-state index is 0.135. The summed E-state index contributed by atoms with van der Waals surface area (Å²) >= 11 is 5.92. The van der Waals surface area contributed by atoms with E-state index < -0.39 is 18.5 Å². The Bertz CT molecular complexity index is 658. The molecule has 1 N–H and O–H groups in total. The van der Waals surface area contributed by atoms with E-state index in [0.717, 1.165) is 5.56 Å². The lowest BCUT2D eigenvalue weighted by Gasteiger charge is -2.20. The van der Waals surface area contributed by atoms with Crippen LogP contribution in [0.3, 0.4) is 0 Å². The Hall–Kier alpha value is -2.34. The fourth-order valence-corrected chi connectivity index (χ4v) is 2.13. The van der Waals surface area contributed by atoms with Crippen molar-refractivity contribution in [2.24, 2.45) is 0 Å². The first-order valence-corrected chi connectivity index (χ1v) is 8.42. The number of nitrogens with one attached hydrogen (secondary N) is 1. The molecule has 0 bridgehead atoms. The molecule has 1 aromatic carbocycles. The SMILES string of the molecule is CC/C=C/C(=O)OCC(=O)N(CC)CC(=O)Nc1cc(Cl)ccc1C. The van der Waals surface area contributed by atoms with E-state index in [-0.39, 0.29) is 12.5 Å². The van der Waals surface area contributed by atoms with Crippen LogP contribution in [-0.4, -0.2) is 42.4 Å². The molecule has 0 aliphatic carbocycles. The highest BCUT2D eigenvalue weighted by Crippen LogP contribution is 2.20. The third-order valence-electron chi connectivity index (χ3n) is 3.37. The van der Waals surface area contributed by atoms with Gasteiger partial charge in [-0.3, -0.25) is 9.59 Å². The van der Waals surface area contributed by atoms with Gasteiger partial charge in [0, 0.05) is 23.3 Å². The van der Waals surface area contributed by atoms with Crippen LogP contribution in [0.25, 0.3) is 0 Å². The number of rotatable bonds is 8. The number of likely N-dealkylation sites (N-methyl/N-ethyl adjacent to an activating group) is 1. The molecule has 1 rings (SSSR count). The number of nitrogens with zero attached hydrogens (tertiary/aromatic N) is 1.